The number of hydrogen-bond acceptors (Lipinski definition) is 4. The number of aromatic hydroxyl groups is 1. The molecule has 0 aliphatic rings. The van der Waals surface area contributed by atoms with Crippen molar-refractivity contribution in [3.05, 3.63) is 34.5 Å². The van der Waals surface area contributed by atoms with Crippen LogP contribution in [0, 0.1) is 0 Å². The number of esters is 1. The molecule has 13 heavy (non-hydrogen) atoms. The highest BCUT2D eigenvalue weighted by atomic mass is 16.5. The first-order valence-electron chi connectivity index (χ1n) is 3.61. The molecule has 0 radical (unpaired) electrons. The highest BCUT2D eigenvalue weighted by molar-refractivity contribution is 5.69. The summed E-state index contributed by atoms with van der Waals surface area (Å²) in [4.78, 5) is 21.4. The number of hydrogen-bond donors (Lipinski definition) is 1. The molecule has 68 valence electrons. The zero-order valence-corrected chi connectivity index (χ0v) is 6.98. The molecule has 1 aromatic rings. The van der Waals surface area contributed by atoms with Gasteiger partial charge in [0.2, 0.25) is 5.43 Å². The Bertz CT molecular complexity index is 384. The van der Waals surface area contributed by atoms with Gasteiger partial charge in [0, 0.05) is 6.92 Å². The molecule has 0 bridgehead atoms. The second-order valence-electron chi connectivity index (χ2n) is 2.41. The largest absolute Gasteiger partial charge is 0.504 e. The Morgan fingerprint density at radius 3 is 2.54 bits per heavy atom. The number of carbonyl (C=O) groups excluding carboxylic acids is 1. The summed E-state index contributed by atoms with van der Waals surface area (Å²) in [5.41, 5.74) is -0.515. The van der Waals surface area contributed by atoms with E-state index in [0.717, 1.165) is 6.07 Å². The van der Waals surface area contributed by atoms with Gasteiger partial charge in [-0.25, -0.2) is 0 Å². The van der Waals surface area contributed by atoms with Crippen LogP contribution in [-0.4, -0.2) is 11.1 Å². The standard InChI is InChI=1S/C9H8O4/c1-6(10)13-7-2-4-8(11)9(12)5-3-7/h2-5H,1H3,(H,11,12). The van der Waals surface area contributed by atoms with Crippen LogP contribution < -0.4 is 10.2 Å². The summed E-state index contributed by atoms with van der Waals surface area (Å²) in [6.45, 7) is 1.25. The molecule has 4 heteroatoms. The summed E-state index contributed by atoms with van der Waals surface area (Å²) >= 11 is 0. The van der Waals surface area contributed by atoms with E-state index in [9.17, 15) is 9.59 Å². The molecule has 1 N–H and O–H groups in total. The molecule has 0 aliphatic carbocycles. The lowest BCUT2D eigenvalue weighted by Crippen LogP contribution is -2.00. The van der Waals surface area contributed by atoms with Crippen molar-refractivity contribution in [3.8, 4) is 11.5 Å². The maximum atomic E-state index is 10.9. The van der Waals surface area contributed by atoms with E-state index >= 15 is 0 Å². The van der Waals surface area contributed by atoms with Gasteiger partial charge in [-0.2, -0.15) is 0 Å². The highest BCUT2D eigenvalue weighted by Gasteiger charge is 1.97. The fourth-order valence-electron chi connectivity index (χ4n) is 0.776. The van der Waals surface area contributed by atoms with Crippen LogP contribution in [0.5, 0.6) is 11.5 Å². The van der Waals surface area contributed by atoms with E-state index in [1.165, 1.54) is 25.1 Å². The average Bonchev–Trinajstić information content (AvgIpc) is 2.19. The smallest absolute Gasteiger partial charge is 0.308 e. The molecule has 1 aromatic carbocycles. The molecule has 1 rings (SSSR count). The molecule has 0 unspecified atom stereocenters. The van der Waals surface area contributed by atoms with Crippen molar-refractivity contribution >= 4 is 5.97 Å². The Labute approximate surface area is 74.4 Å². The van der Waals surface area contributed by atoms with E-state index in [-0.39, 0.29) is 11.5 Å². The van der Waals surface area contributed by atoms with Gasteiger partial charge in [-0.15, -0.1) is 0 Å². The van der Waals surface area contributed by atoms with Crippen molar-refractivity contribution < 1.29 is 14.6 Å². The van der Waals surface area contributed by atoms with Crippen molar-refractivity contribution in [2.45, 2.75) is 6.92 Å². The Morgan fingerprint density at radius 2 is 1.92 bits per heavy atom. The van der Waals surface area contributed by atoms with Gasteiger partial charge >= 0.3 is 5.97 Å². The Morgan fingerprint density at radius 1 is 1.31 bits per heavy atom. The lowest BCUT2D eigenvalue weighted by Gasteiger charge is -1.94. The average molecular weight is 180 g/mol. The Kier molecular flexibility index (Phi) is 2.64. The second kappa shape index (κ2) is 3.71. The molecule has 0 aliphatic heterocycles. The van der Waals surface area contributed by atoms with Gasteiger partial charge < -0.3 is 9.84 Å². The molecular weight excluding hydrogens is 172 g/mol. The normalized spacial score (nSPS) is 9.31. The highest BCUT2D eigenvalue weighted by Crippen LogP contribution is 2.09. The predicted molar refractivity (Wildman–Crippen MR) is 45.7 cm³/mol. The zero-order valence-electron chi connectivity index (χ0n) is 6.98. The van der Waals surface area contributed by atoms with Crippen molar-refractivity contribution in [3.63, 3.8) is 0 Å². The minimum atomic E-state index is -0.515. The van der Waals surface area contributed by atoms with Crippen LogP contribution in [0.3, 0.4) is 0 Å². The number of ether oxygens (including phenoxy) is 1. The van der Waals surface area contributed by atoms with Crippen LogP contribution in [0.15, 0.2) is 29.1 Å². The lowest BCUT2D eigenvalue weighted by atomic mass is 10.5. The van der Waals surface area contributed by atoms with E-state index in [0.29, 0.717) is 0 Å². The van der Waals surface area contributed by atoms with Gasteiger partial charge in [0.1, 0.15) is 5.75 Å². The molecule has 0 atom stereocenters. The van der Waals surface area contributed by atoms with Crippen LogP contribution >= 0.6 is 0 Å². The van der Waals surface area contributed by atoms with Crippen LogP contribution in [0.25, 0.3) is 0 Å². The first kappa shape index (κ1) is 9.25. The summed E-state index contributed by atoms with van der Waals surface area (Å²) in [6, 6.07) is 4.98. The third kappa shape index (κ3) is 2.59. The Balaban J connectivity index is 3.09. The third-order valence-corrected chi connectivity index (χ3v) is 1.32. The molecule has 0 saturated carbocycles. The minimum Gasteiger partial charge on any atom is -0.504 e. The molecule has 0 saturated heterocycles. The quantitative estimate of drug-likeness (QED) is 0.645. The summed E-state index contributed by atoms with van der Waals surface area (Å²) < 4.78 is 4.70. The van der Waals surface area contributed by atoms with Crippen molar-refractivity contribution in [1.82, 2.24) is 0 Å². The lowest BCUT2D eigenvalue weighted by molar-refractivity contribution is -0.131. The molecule has 0 aromatic heterocycles. The van der Waals surface area contributed by atoms with Gasteiger partial charge in [-0.3, -0.25) is 9.59 Å². The van der Waals surface area contributed by atoms with Crippen molar-refractivity contribution in [2.75, 3.05) is 0 Å². The minimum absolute atomic E-state index is 0.227. The van der Waals surface area contributed by atoms with Gasteiger partial charge in [-0.1, -0.05) is 0 Å². The molecule has 4 nitrogen and oxygen atoms in total. The fourth-order valence-corrected chi connectivity index (χ4v) is 0.776. The van der Waals surface area contributed by atoms with Gasteiger partial charge in [-0.05, 0) is 24.3 Å². The third-order valence-electron chi connectivity index (χ3n) is 1.32. The van der Waals surface area contributed by atoms with E-state index in [1.807, 2.05) is 0 Å². The Hall–Kier alpha value is -1.84. The van der Waals surface area contributed by atoms with Gasteiger partial charge in [0.05, 0.1) is 0 Å². The monoisotopic (exact) mass is 180 g/mol. The first-order chi connectivity index (χ1) is 6.09. The summed E-state index contributed by atoms with van der Waals surface area (Å²) in [5.74, 6) is -0.624. The van der Waals surface area contributed by atoms with E-state index < -0.39 is 11.4 Å². The van der Waals surface area contributed by atoms with E-state index in [4.69, 9.17) is 9.84 Å². The summed E-state index contributed by atoms with van der Waals surface area (Å²) in [6.07, 6.45) is 0. The van der Waals surface area contributed by atoms with E-state index in [2.05, 4.69) is 0 Å². The van der Waals surface area contributed by atoms with Crippen molar-refractivity contribution in [2.24, 2.45) is 0 Å². The fraction of sp³-hybridized carbons (Fsp3) is 0.111. The molecule has 0 spiro atoms. The maximum Gasteiger partial charge on any atom is 0.308 e. The summed E-state index contributed by atoms with van der Waals surface area (Å²) in [5, 5.41) is 8.98. The first-order valence-corrected chi connectivity index (χ1v) is 3.61. The van der Waals surface area contributed by atoms with Crippen LogP contribution in [-0.2, 0) is 4.79 Å². The molecule has 0 heterocycles. The van der Waals surface area contributed by atoms with Gasteiger partial charge in [0.25, 0.3) is 0 Å². The molecule has 0 amide bonds. The molecular formula is C9H8O4. The molecule has 0 fully saturated rings. The number of carbonyl (C=O) groups is 1. The van der Waals surface area contributed by atoms with Crippen LogP contribution in [0.1, 0.15) is 6.92 Å². The van der Waals surface area contributed by atoms with Crippen LogP contribution in [0.2, 0.25) is 0 Å². The maximum absolute atomic E-state index is 10.9. The topological polar surface area (TPSA) is 63.6 Å². The number of rotatable bonds is 1. The predicted octanol–water partition coefficient (Wildman–Crippen LogP) is 0.678. The van der Waals surface area contributed by atoms with E-state index in [1.54, 1.807) is 0 Å². The zero-order chi connectivity index (χ0) is 9.84. The SMILES string of the molecule is CC(=O)Oc1ccc(O)c(=O)cc1. The van der Waals surface area contributed by atoms with Crippen LogP contribution in [0.4, 0.5) is 0 Å². The van der Waals surface area contributed by atoms with Gasteiger partial charge in [0.15, 0.2) is 5.75 Å². The second-order valence-corrected chi connectivity index (χ2v) is 2.41. The van der Waals surface area contributed by atoms with Crippen molar-refractivity contribution in [1.29, 1.82) is 0 Å². The summed E-state index contributed by atoms with van der Waals surface area (Å²) in [7, 11) is 0.